The molecule has 1 N–H and O–H groups in total. The highest BCUT2D eigenvalue weighted by Gasteiger charge is 2.26. The molecule has 0 saturated heterocycles. The van der Waals surface area contributed by atoms with E-state index in [9.17, 15) is 21.6 Å². The lowest BCUT2D eigenvalue weighted by Crippen LogP contribution is -2.17. The van der Waals surface area contributed by atoms with E-state index in [1.54, 1.807) is 6.07 Å². The van der Waals surface area contributed by atoms with Crippen LogP contribution in [-0.2, 0) is 10.0 Å². The van der Waals surface area contributed by atoms with Crippen LogP contribution in [0.1, 0.15) is 18.6 Å². The summed E-state index contributed by atoms with van der Waals surface area (Å²) in [5.41, 5.74) is 1.56. The summed E-state index contributed by atoms with van der Waals surface area (Å²) in [6.07, 6.45) is -0.847. The third-order valence-corrected chi connectivity index (χ3v) is 5.56. The molecule has 0 aliphatic rings. The van der Waals surface area contributed by atoms with Gasteiger partial charge in [-0.25, -0.2) is 26.6 Å². The molecule has 0 aliphatic heterocycles. The largest absolute Gasteiger partial charge is 0.486 e. The Balaban J connectivity index is 1.88. The molecule has 0 bridgehead atoms. The first-order valence-corrected chi connectivity index (χ1v) is 10.0. The Bertz CT molecular complexity index is 1030. The first-order valence-electron chi connectivity index (χ1n) is 7.59. The molecule has 1 atom stereocenters. The van der Waals surface area contributed by atoms with Crippen molar-refractivity contribution in [1.29, 1.82) is 0 Å². The van der Waals surface area contributed by atoms with Crippen molar-refractivity contribution in [3.05, 3.63) is 70.3 Å². The van der Waals surface area contributed by atoms with Crippen LogP contribution in [0.25, 0.3) is 0 Å². The molecule has 2 aromatic carbocycles. The van der Waals surface area contributed by atoms with Gasteiger partial charge >= 0.3 is 0 Å². The highest BCUT2D eigenvalue weighted by Crippen LogP contribution is 2.29. The summed E-state index contributed by atoms with van der Waals surface area (Å²) in [6.45, 7) is 1.50. The van der Waals surface area contributed by atoms with Crippen LogP contribution in [0.15, 0.2) is 52.2 Å². The lowest BCUT2D eigenvalue weighted by molar-refractivity contribution is 0.219. The minimum atomic E-state index is -4.52. The highest BCUT2D eigenvalue weighted by atomic mass is 32.2. The number of thiazole rings is 1. The molecule has 0 radical (unpaired) electrons. The van der Waals surface area contributed by atoms with Crippen LogP contribution in [0.3, 0.4) is 0 Å². The van der Waals surface area contributed by atoms with Gasteiger partial charge in [0.25, 0.3) is 10.0 Å². The molecule has 3 aromatic rings. The van der Waals surface area contributed by atoms with Crippen LogP contribution in [0, 0.1) is 17.5 Å². The second kappa shape index (κ2) is 7.57. The summed E-state index contributed by atoms with van der Waals surface area (Å²) < 4.78 is 74.3. The van der Waals surface area contributed by atoms with Gasteiger partial charge in [0.05, 0.1) is 5.51 Å². The Morgan fingerprint density at radius 1 is 1.11 bits per heavy atom. The first kappa shape index (κ1) is 19.2. The van der Waals surface area contributed by atoms with Crippen LogP contribution >= 0.6 is 11.3 Å². The molecule has 1 heterocycles. The number of hydrogen-bond acceptors (Lipinski definition) is 5. The number of aromatic nitrogens is 1. The molecule has 0 saturated carbocycles. The predicted octanol–water partition coefficient (Wildman–Crippen LogP) is 4.50. The standard InChI is InChI=1S/C17H13F3N2O3S2/c1-10(12-4-2-3-5-13(12)18)25-11-6-14(19)17(15(20)7-11)27(23,24)22-16-8-26-9-21-16/h2-10,22H,1H3/t10-/m0/s1. The molecular weight excluding hydrogens is 401 g/mol. The lowest BCUT2D eigenvalue weighted by atomic mass is 10.1. The van der Waals surface area contributed by atoms with Gasteiger partial charge < -0.3 is 4.74 Å². The van der Waals surface area contributed by atoms with Gasteiger partial charge in [0.1, 0.15) is 29.3 Å². The number of anilines is 1. The van der Waals surface area contributed by atoms with Crippen LogP contribution in [0.4, 0.5) is 19.0 Å². The summed E-state index contributed by atoms with van der Waals surface area (Å²) in [7, 11) is -4.52. The van der Waals surface area contributed by atoms with Gasteiger partial charge in [-0.1, -0.05) is 18.2 Å². The van der Waals surface area contributed by atoms with Crippen LogP contribution in [-0.4, -0.2) is 13.4 Å². The van der Waals surface area contributed by atoms with Crippen molar-refractivity contribution in [2.75, 3.05) is 4.72 Å². The molecule has 0 unspecified atom stereocenters. The lowest BCUT2D eigenvalue weighted by Gasteiger charge is -2.17. The van der Waals surface area contributed by atoms with E-state index in [-0.39, 0.29) is 17.1 Å². The number of sulfonamides is 1. The van der Waals surface area contributed by atoms with E-state index < -0.39 is 38.5 Å². The fraction of sp³-hybridized carbons (Fsp3) is 0.118. The molecule has 0 spiro atoms. The van der Waals surface area contributed by atoms with Gasteiger partial charge in [-0.2, -0.15) is 0 Å². The molecule has 0 amide bonds. The molecule has 27 heavy (non-hydrogen) atoms. The van der Waals surface area contributed by atoms with E-state index >= 15 is 0 Å². The molecule has 3 rings (SSSR count). The molecule has 5 nitrogen and oxygen atoms in total. The zero-order chi connectivity index (χ0) is 19.6. The van der Waals surface area contributed by atoms with E-state index in [1.807, 2.05) is 4.72 Å². The third-order valence-electron chi connectivity index (χ3n) is 3.57. The average molecular weight is 414 g/mol. The number of halogens is 3. The smallest absolute Gasteiger partial charge is 0.268 e. The summed E-state index contributed by atoms with van der Waals surface area (Å²) in [5.74, 6) is -3.53. The van der Waals surface area contributed by atoms with Gasteiger partial charge in [-0.3, -0.25) is 4.72 Å². The Hall–Kier alpha value is -2.59. The zero-order valence-electron chi connectivity index (χ0n) is 13.8. The predicted molar refractivity (Wildman–Crippen MR) is 94.7 cm³/mol. The number of hydrogen-bond donors (Lipinski definition) is 1. The van der Waals surface area contributed by atoms with Gasteiger partial charge in [0, 0.05) is 23.1 Å². The average Bonchev–Trinajstić information content (AvgIpc) is 3.06. The van der Waals surface area contributed by atoms with Gasteiger partial charge in [-0.05, 0) is 13.0 Å². The summed E-state index contributed by atoms with van der Waals surface area (Å²) in [6, 6.07) is 7.27. The molecule has 0 fully saturated rings. The van der Waals surface area contributed by atoms with Crippen molar-refractivity contribution >= 4 is 27.2 Å². The van der Waals surface area contributed by atoms with E-state index in [0.717, 1.165) is 23.5 Å². The van der Waals surface area contributed by atoms with Crippen molar-refractivity contribution in [1.82, 2.24) is 4.98 Å². The molecule has 142 valence electrons. The van der Waals surface area contributed by atoms with E-state index in [2.05, 4.69) is 4.98 Å². The maximum Gasteiger partial charge on any atom is 0.268 e. The minimum absolute atomic E-state index is 0.0488. The van der Waals surface area contributed by atoms with Crippen molar-refractivity contribution in [2.24, 2.45) is 0 Å². The van der Waals surface area contributed by atoms with E-state index in [1.165, 1.54) is 36.0 Å². The summed E-state index contributed by atoms with van der Waals surface area (Å²) in [5, 5.41) is 1.38. The Morgan fingerprint density at radius 3 is 2.37 bits per heavy atom. The monoisotopic (exact) mass is 414 g/mol. The zero-order valence-corrected chi connectivity index (χ0v) is 15.5. The van der Waals surface area contributed by atoms with Crippen LogP contribution < -0.4 is 9.46 Å². The molecule has 1 aromatic heterocycles. The maximum atomic E-state index is 14.3. The van der Waals surface area contributed by atoms with Gasteiger partial charge in [0.2, 0.25) is 0 Å². The Morgan fingerprint density at radius 2 is 1.78 bits per heavy atom. The molecule has 10 heteroatoms. The second-order valence-corrected chi connectivity index (χ2v) is 7.81. The molecule has 0 aliphatic carbocycles. The van der Waals surface area contributed by atoms with Crippen molar-refractivity contribution < 1.29 is 26.3 Å². The van der Waals surface area contributed by atoms with E-state index in [0.29, 0.717) is 0 Å². The summed E-state index contributed by atoms with van der Waals surface area (Å²) >= 11 is 1.12. The first-order chi connectivity index (χ1) is 12.8. The Kier molecular flexibility index (Phi) is 5.38. The Labute approximate surface area is 157 Å². The van der Waals surface area contributed by atoms with Crippen LogP contribution in [0.2, 0.25) is 0 Å². The van der Waals surface area contributed by atoms with Crippen molar-refractivity contribution in [3.8, 4) is 5.75 Å². The second-order valence-electron chi connectivity index (χ2n) is 5.48. The fourth-order valence-electron chi connectivity index (χ4n) is 2.39. The minimum Gasteiger partial charge on any atom is -0.486 e. The number of nitrogens with one attached hydrogen (secondary N) is 1. The normalized spacial score (nSPS) is 12.6. The number of nitrogens with zero attached hydrogens (tertiary/aromatic N) is 1. The third kappa shape index (κ3) is 4.22. The number of benzene rings is 2. The fourth-order valence-corrected chi connectivity index (χ4v) is 4.06. The SMILES string of the molecule is C[C@H](Oc1cc(F)c(S(=O)(=O)Nc2cscn2)c(F)c1)c1ccccc1F. The number of ether oxygens (including phenoxy) is 1. The summed E-state index contributed by atoms with van der Waals surface area (Å²) in [4.78, 5) is 2.56. The highest BCUT2D eigenvalue weighted by molar-refractivity contribution is 7.92. The van der Waals surface area contributed by atoms with E-state index in [4.69, 9.17) is 4.74 Å². The van der Waals surface area contributed by atoms with Crippen LogP contribution in [0.5, 0.6) is 5.75 Å². The topological polar surface area (TPSA) is 68.3 Å². The van der Waals surface area contributed by atoms with Crippen molar-refractivity contribution in [3.63, 3.8) is 0 Å². The quantitative estimate of drug-likeness (QED) is 0.645. The van der Waals surface area contributed by atoms with Gasteiger partial charge in [0.15, 0.2) is 10.7 Å². The maximum absolute atomic E-state index is 14.3. The molecular formula is C17H13F3N2O3S2. The van der Waals surface area contributed by atoms with Gasteiger partial charge in [-0.15, -0.1) is 11.3 Å². The van der Waals surface area contributed by atoms with Crippen molar-refractivity contribution in [2.45, 2.75) is 17.9 Å². The number of rotatable bonds is 6.